The van der Waals surface area contributed by atoms with E-state index in [4.69, 9.17) is 6.42 Å². The van der Waals surface area contributed by atoms with Gasteiger partial charge in [-0.25, -0.2) is 9.59 Å². The Balaban J connectivity index is 2.11. The summed E-state index contributed by atoms with van der Waals surface area (Å²) < 4.78 is 0. The number of urea groups is 1. The van der Waals surface area contributed by atoms with Crippen molar-refractivity contribution in [1.29, 1.82) is 0 Å². The Morgan fingerprint density at radius 1 is 1.38 bits per heavy atom. The molecule has 0 aliphatic rings. The number of amides is 2. The van der Waals surface area contributed by atoms with Gasteiger partial charge in [-0.1, -0.05) is 24.1 Å². The minimum atomic E-state index is -1.10. The first kappa shape index (κ1) is 14.5. The van der Waals surface area contributed by atoms with Crippen LogP contribution in [-0.4, -0.2) is 34.7 Å². The van der Waals surface area contributed by atoms with Crippen LogP contribution >= 0.6 is 0 Å². The Morgan fingerprint density at radius 3 is 2.86 bits per heavy atom. The second-order valence-corrected chi connectivity index (χ2v) is 4.49. The summed E-state index contributed by atoms with van der Waals surface area (Å²) in [5.74, 6) is 1.15. The summed E-state index contributed by atoms with van der Waals surface area (Å²) in [4.78, 5) is 25.9. The van der Waals surface area contributed by atoms with Crippen LogP contribution in [0.15, 0.2) is 30.5 Å². The molecule has 0 saturated heterocycles. The Kier molecular flexibility index (Phi) is 4.46. The van der Waals surface area contributed by atoms with Crippen LogP contribution < -0.4 is 10.6 Å². The Hall–Kier alpha value is -2.94. The first-order chi connectivity index (χ1) is 10.1. The molecule has 2 rings (SSSR count). The van der Waals surface area contributed by atoms with Crippen molar-refractivity contribution < 1.29 is 14.7 Å². The van der Waals surface area contributed by atoms with Gasteiger partial charge in [-0.3, -0.25) is 0 Å². The van der Waals surface area contributed by atoms with Gasteiger partial charge in [-0.2, -0.15) is 0 Å². The van der Waals surface area contributed by atoms with Gasteiger partial charge in [0.05, 0.1) is 6.54 Å². The number of carbonyl (C=O) groups is 2. The van der Waals surface area contributed by atoms with Gasteiger partial charge >= 0.3 is 12.0 Å². The average Bonchev–Trinajstić information content (AvgIpc) is 2.87. The highest BCUT2D eigenvalue weighted by atomic mass is 16.4. The highest BCUT2D eigenvalue weighted by Crippen LogP contribution is 2.19. The molecule has 6 nitrogen and oxygen atoms in total. The maximum absolute atomic E-state index is 11.5. The molecule has 0 aliphatic heterocycles. The SMILES string of the molecule is C#CCNC(=O)N[C@@H](Cc1c[nH]c2ccccc12)C(=O)O. The Labute approximate surface area is 121 Å². The smallest absolute Gasteiger partial charge is 0.326 e. The lowest BCUT2D eigenvalue weighted by Gasteiger charge is -2.14. The number of para-hydroxylation sites is 1. The molecule has 6 heteroatoms. The molecular weight excluding hydrogens is 270 g/mol. The number of aromatic amines is 1. The molecule has 2 aromatic rings. The molecule has 0 fully saturated rings. The number of nitrogens with one attached hydrogen (secondary N) is 3. The monoisotopic (exact) mass is 285 g/mol. The van der Waals surface area contributed by atoms with E-state index in [2.05, 4.69) is 21.5 Å². The number of carboxylic acid groups (broad SMARTS) is 1. The second kappa shape index (κ2) is 6.48. The topological polar surface area (TPSA) is 94.2 Å². The van der Waals surface area contributed by atoms with Crippen molar-refractivity contribution in [3.05, 3.63) is 36.0 Å². The van der Waals surface area contributed by atoms with Crippen molar-refractivity contribution >= 4 is 22.9 Å². The van der Waals surface area contributed by atoms with Crippen LogP contribution in [0, 0.1) is 12.3 Å². The van der Waals surface area contributed by atoms with Gasteiger partial charge in [-0.05, 0) is 11.6 Å². The van der Waals surface area contributed by atoms with Crippen LogP contribution in [0.25, 0.3) is 10.9 Å². The molecule has 0 spiro atoms. The zero-order valence-corrected chi connectivity index (χ0v) is 11.2. The lowest BCUT2D eigenvalue weighted by molar-refractivity contribution is -0.139. The largest absolute Gasteiger partial charge is 0.480 e. The normalized spacial score (nSPS) is 11.6. The summed E-state index contributed by atoms with van der Waals surface area (Å²) in [6, 6.07) is 5.95. The van der Waals surface area contributed by atoms with Crippen molar-refractivity contribution in [2.24, 2.45) is 0 Å². The van der Waals surface area contributed by atoms with Crippen LogP contribution in [0.4, 0.5) is 4.79 Å². The van der Waals surface area contributed by atoms with Crippen LogP contribution in [0.2, 0.25) is 0 Å². The maximum Gasteiger partial charge on any atom is 0.326 e. The third-order valence-corrected chi connectivity index (χ3v) is 3.05. The number of aromatic nitrogens is 1. The van der Waals surface area contributed by atoms with Crippen LogP contribution in [-0.2, 0) is 11.2 Å². The second-order valence-electron chi connectivity index (χ2n) is 4.49. The molecule has 1 aromatic carbocycles. The van der Waals surface area contributed by atoms with E-state index in [-0.39, 0.29) is 13.0 Å². The summed E-state index contributed by atoms with van der Waals surface area (Å²) in [5.41, 5.74) is 1.75. The highest BCUT2D eigenvalue weighted by molar-refractivity contribution is 5.86. The number of rotatable bonds is 5. The molecule has 108 valence electrons. The molecule has 0 aliphatic carbocycles. The first-order valence-electron chi connectivity index (χ1n) is 6.37. The highest BCUT2D eigenvalue weighted by Gasteiger charge is 2.21. The van der Waals surface area contributed by atoms with Crippen LogP contribution in [0.1, 0.15) is 5.56 Å². The predicted molar refractivity (Wildman–Crippen MR) is 78.8 cm³/mol. The van der Waals surface area contributed by atoms with E-state index in [0.717, 1.165) is 16.5 Å². The number of benzene rings is 1. The molecule has 0 saturated carbocycles. The third-order valence-electron chi connectivity index (χ3n) is 3.05. The van der Waals surface area contributed by atoms with Gasteiger partial charge in [0.25, 0.3) is 0 Å². The number of hydrogen-bond donors (Lipinski definition) is 4. The van der Waals surface area contributed by atoms with Crippen molar-refractivity contribution in [1.82, 2.24) is 15.6 Å². The van der Waals surface area contributed by atoms with E-state index >= 15 is 0 Å². The third kappa shape index (κ3) is 3.54. The molecule has 21 heavy (non-hydrogen) atoms. The fourth-order valence-corrected chi connectivity index (χ4v) is 2.06. The Morgan fingerprint density at radius 2 is 2.14 bits per heavy atom. The van der Waals surface area contributed by atoms with E-state index in [1.54, 1.807) is 6.20 Å². The number of H-pyrrole nitrogens is 1. The van der Waals surface area contributed by atoms with Gasteiger partial charge in [0, 0.05) is 23.5 Å². The lowest BCUT2D eigenvalue weighted by Crippen LogP contribution is -2.47. The summed E-state index contributed by atoms with van der Waals surface area (Å²) in [6.07, 6.45) is 6.96. The maximum atomic E-state index is 11.5. The minimum Gasteiger partial charge on any atom is -0.480 e. The molecule has 0 unspecified atom stereocenters. The van der Waals surface area contributed by atoms with E-state index in [9.17, 15) is 14.7 Å². The van der Waals surface area contributed by atoms with Gasteiger partial charge in [0.2, 0.25) is 0 Å². The van der Waals surface area contributed by atoms with Crippen LogP contribution in [0.3, 0.4) is 0 Å². The van der Waals surface area contributed by atoms with Gasteiger partial charge in [0.15, 0.2) is 0 Å². The van der Waals surface area contributed by atoms with Crippen molar-refractivity contribution in [3.63, 3.8) is 0 Å². The molecule has 2 amide bonds. The molecule has 0 radical (unpaired) electrons. The quantitative estimate of drug-likeness (QED) is 0.620. The van der Waals surface area contributed by atoms with Crippen molar-refractivity contribution in [3.8, 4) is 12.3 Å². The molecule has 4 N–H and O–H groups in total. The fraction of sp³-hybridized carbons (Fsp3) is 0.200. The molecule has 0 bridgehead atoms. The number of terminal acetylenes is 1. The minimum absolute atomic E-state index is 0.0469. The van der Waals surface area contributed by atoms with Gasteiger partial charge < -0.3 is 20.7 Å². The van der Waals surface area contributed by atoms with Gasteiger partial charge in [0.1, 0.15) is 6.04 Å². The zero-order chi connectivity index (χ0) is 15.2. The number of aliphatic carboxylic acids is 1. The van der Waals surface area contributed by atoms with Crippen molar-refractivity contribution in [2.75, 3.05) is 6.54 Å². The Bertz CT molecular complexity index is 699. The van der Waals surface area contributed by atoms with Crippen molar-refractivity contribution in [2.45, 2.75) is 12.5 Å². The zero-order valence-electron chi connectivity index (χ0n) is 11.2. The number of hydrogen-bond acceptors (Lipinski definition) is 2. The first-order valence-corrected chi connectivity index (χ1v) is 6.37. The summed E-state index contributed by atoms with van der Waals surface area (Å²) in [5, 5.41) is 14.9. The summed E-state index contributed by atoms with van der Waals surface area (Å²) >= 11 is 0. The van der Waals surface area contributed by atoms with E-state index in [1.807, 2.05) is 24.3 Å². The molecule has 1 aromatic heterocycles. The number of fused-ring (bicyclic) bond motifs is 1. The van der Waals surface area contributed by atoms with Gasteiger partial charge in [-0.15, -0.1) is 6.42 Å². The number of carboxylic acids is 1. The number of carbonyl (C=O) groups excluding carboxylic acids is 1. The van der Waals surface area contributed by atoms with E-state index in [0.29, 0.717) is 0 Å². The lowest BCUT2D eigenvalue weighted by atomic mass is 10.1. The molecule has 1 atom stereocenters. The predicted octanol–water partition coefficient (Wildman–Crippen LogP) is 1.10. The van der Waals surface area contributed by atoms with E-state index in [1.165, 1.54) is 0 Å². The van der Waals surface area contributed by atoms with E-state index < -0.39 is 18.0 Å². The fourth-order valence-electron chi connectivity index (χ4n) is 2.06. The summed E-state index contributed by atoms with van der Waals surface area (Å²) in [6.45, 7) is 0.0469. The molecular formula is C15H15N3O3. The average molecular weight is 285 g/mol. The standard InChI is InChI=1S/C15H15N3O3/c1-2-7-16-15(21)18-13(14(19)20)8-10-9-17-12-6-4-3-5-11(10)12/h1,3-6,9,13,17H,7-8H2,(H,19,20)(H2,16,18,21)/t13-/m0/s1. The van der Waals surface area contributed by atoms with Crippen LogP contribution in [0.5, 0.6) is 0 Å². The summed E-state index contributed by atoms with van der Waals surface area (Å²) in [7, 11) is 0. The molecule has 1 heterocycles.